The van der Waals surface area contributed by atoms with E-state index in [4.69, 9.17) is 5.11 Å². The average Bonchev–Trinajstić information content (AvgIpc) is 2.52. The smallest absolute Gasteiger partial charge is 0.328 e. The van der Waals surface area contributed by atoms with Gasteiger partial charge in [0, 0.05) is 4.47 Å². The van der Waals surface area contributed by atoms with Crippen molar-refractivity contribution in [2.24, 2.45) is 0 Å². The molecular formula is C16H19BrFNO3. The van der Waals surface area contributed by atoms with Gasteiger partial charge in [-0.25, -0.2) is 9.18 Å². The van der Waals surface area contributed by atoms with Crippen molar-refractivity contribution in [3.8, 4) is 0 Å². The normalized spacial score (nSPS) is 18.5. The maximum absolute atomic E-state index is 12.8. The monoisotopic (exact) mass is 371 g/mol. The number of carbonyl (C=O) groups excluding carboxylic acids is 1. The highest BCUT2D eigenvalue weighted by Crippen LogP contribution is 2.40. The minimum Gasteiger partial charge on any atom is -0.480 e. The van der Waals surface area contributed by atoms with Gasteiger partial charge in [0.15, 0.2) is 6.04 Å². The van der Waals surface area contributed by atoms with Crippen molar-refractivity contribution in [2.75, 3.05) is 6.67 Å². The van der Waals surface area contributed by atoms with Crippen molar-refractivity contribution >= 4 is 27.8 Å². The number of aliphatic carboxylic acids is 1. The lowest BCUT2D eigenvalue weighted by atomic mass is 9.68. The summed E-state index contributed by atoms with van der Waals surface area (Å²) in [5, 5.41) is 11.3. The van der Waals surface area contributed by atoms with Gasteiger partial charge in [-0.3, -0.25) is 4.79 Å². The van der Waals surface area contributed by atoms with Gasteiger partial charge in [0.2, 0.25) is 5.91 Å². The van der Waals surface area contributed by atoms with Gasteiger partial charge in [0.1, 0.15) is 6.67 Å². The summed E-state index contributed by atoms with van der Waals surface area (Å²) in [6, 6.07) is 6.00. The molecule has 0 saturated heterocycles. The van der Waals surface area contributed by atoms with Crippen LogP contribution in [0.3, 0.4) is 0 Å². The quantitative estimate of drug-likeness (QED) is 0.834. The van der Waals surface area contributed by atoms with Crippen LogP contribution >= 0.6 is 15.9 Å². The first-order valence-electron chi connectivity index (χ1n) is 7.35. The van der Waals surface area contributed by atoms with E-state index in [2.05, 4.69) is 21.2 Å². The number of nitrogens with one attached hydrogen (secondary N) is 1. The third-order valence-electron chi connectivity index (χ3n) is 4.28. The van der Waals surface area contributed by atoms with Gasteiger partial charge in [-0.15, -0.1) is 0 Å². The predicted molar refractivity (Wildman–Crippen MR) is 84.4 cm³/mol. The lowest BCUT2D eigenvalue weighted by molar-refractivity contribution is -0.143. The van der Waals surface area contributed by atoms with Crippen molar-refractivity contribution in [3.63, 3.8) is 0 Å². The van der Waals surface area contributed by atoms with Crippen LogP contribution in [-0.2, 0) is 15.0 Å². The molecule has 1 fully saturated rings. The van der Waals surface area contributed by atoms with Crippen LogP contribution in [0.5, 0.6) is 0 Å². The third kappa shape index (κ3) is 3.48. The molecule has 1 saturated carbocycles. The molecule has 1 unspecified atom stereocenters. The number of carboxylic acid groups (broad SMARTS) is 1. The number of amides is 1. The van der Waals surface area contributed by atoms with Crippen molar-refractivity contribution < 1.29 is 19.1 Å². The first-order valence-corrected chi connectivity index (χ1v) is 8.15. The molecule has 1 aromatic carbocycles. The fourth-order valence-electron chi connectivity index (χ4n) is 3.05. The Bertz CT molecular complexity index is 558. The maximum atomic E-state index is 12.8. The minimum absolute atomic E-state index is 0.393. The van der Waals surface area contributed by atoms with Gasteiger partial charge >= 0.3 is 5.97 Å². The summed E-state index contributed by atoms with van der Waals surface area (Å²) in [6.45, 7) is -1.12. The third-order valence-corrected chi connectivity index (χ3v) is 4.77. The number of rotatable bonds is 5. The maximum Gasteiger partial charge on any atom is 0.328 e. The molecule has 1 aliphatic rings. The zero-order valence-corrected chi connectivity index (χ0v) is 13.7. The topological polar surface area (TPSA) is 66.4 Å². The van der Waals surface area contributed by atoms with Crippen LogP contribution in [0.15, 0.2) is 28.7 Å². The number of alkyl halides is 1. The number of benzene rings is 1. The van der Waals surface area contributed by atoms with Crippen LogP contribution in [0.1, 0.15) is 37.7 Å². The second kappa shape index (κ2) is 7.22. The Morgan fingerprint density at radius 1 is 1.32 bits per heavy atom. The molecule has 120 valence electrons. The van der Waals surface area contributed by atoms with Crippen LogP contribution in [0.25, 0.3) is 0 Å². The molecule has 1 aliphatic carbocycles. The van der Waals surface area contributed by atoms with E-state index >= 15 is 0 Å². The first-order chi connectivity index (χ1) is 10.5. The fraction of sp³-hybridized carbons (Fsp3) is 0.500. The van der Waals surface area contributed by atoms with Crippen LogP contribution in [0.2, 0.25) is 0 Å². The van der Waals surface area contributed by atoms with Crippen LogP contribution in [0.4, 0.5) is 4.39 Å². The van der Waals surface area contributed by atoms with Gasteiger partial charge < -0.3 is 10.4 Å². The number of halogens is 2. The van der Waals surface area contributed by atoms with E-state index in [1.54, 1.807) is 0 Å². The van der Waals surface area contributed by atoms with Crippen molar-refractivity contribution in [1.29, 1.82) is 0 Å². The zero-order chi connectivity index (χ0) is 16.2. The average molecular weight is 372 g/mol. The van der Waals surface area contributed by atoms with E-state index in [9.17, 15) is 14.0 Å². The Labute approximate surface area is 137 Å². The lowest BCUT2D eigenvalue weighted by Gasteiger charge is -2.37. The summed E-state index contributed by atoms with van der Waals surface area (Å²) in [5.74, 6) is -1.74. The summed E-state index contributed by atoms with van der Waals surface area (Å²) in [6.07, 6.45) is 4.14. The van der Waals surface area contributed by atoms with E-state index in [1.807, 2.05) is 24.3 Å². The standard InChI is InChI=1S/C16H19BrFNO3/c17-12-6-4-5-11(9-12)16(7-2-1-3-8-16)15(22)19-13(10-18)14(20)21/h4-6,9,13H,1-3,7-8,10H2,(H,19,22)(H,20,21). The first kappa shape index (κ1) is 16.9. The summed E-state index contributed by atoms with van der Waals surface area (Å²) in [7, 11) is 0. The Kier molecular flexibility index (Phi) is 5.56. The molecule has 2 N–H and O–H groups in total. The zero-order valence-electron chi connectivity index (χ0n) is 12.1. The molecule has 0 radical (unpaired) electrons. The van der Waals surface area contributed by atoms with Crippen LogP contribution in [0, 0.1) is 0 Å². The van der Waals surface area contributed by atoms with Gasteiger partial charge in [-0.05, 0) is 30.5 Å². The molecule has 0 aliphatic heterocycles. The number of hydrogen-bond donors (Lipinski definition) is 2. The lowest BCUT2D eigenvalue weighted by Crippen LogP contribution is -2.52. The van der Waals surface area contributed by atoms with Crippen molar-refractivity contribution in [1.82, 2.24) is 5.32 Å². The number of hydrogen-bond acceptors (Lipinski definition) is 2. The minimum atomic E-state index is -1.49. The summed E-state index contributed by atoms with van der Waals surface area (Å²) < 4.78 is 13.7. The molecule has 1 aromatic rings. The summed E-state index contributed by atoms with van der Waals surface area (Å²) in [4.78, 5) is 23.7. The molecule has 0 heterocycles. The Hall–Kier alpha value is -1.43. The van der Waals surface area contributed by atoms with Gasteiger partial charge in [0.05, 0.1) is 5.41 Å². The highest BCUT2D eigenvalue weighted by atomic mass is 79.9. The molecule has 1 atom stereocenters. The second-order valence-electron chi connectivity index (χ2n) is 5.67. The Morgan fingerprint density at radius 2 is 2.00 bits per heavy atom. The molecule has 1 amide bonds. The summed E-state index contributed by atoms with van der Waals surface area (Å²) in [5.41, 5.74) is 0.0762. The van der Waals surface area contributed by atoms with E-state index < -0.39 is 30.0 Å². The molecule has 4 nitrogen and oxygen atoms in total. The largest absolute Gasteiger partial charge is 0.480 e. The van der Waals surface area contributed by atoms with E-state index in [-0.39, 0.29) is 0 Å². The van der Waals surface area contributed by atoms with Crippen LogP contribution in [-0.4, -0.2) is 29.7 Å². The second-order valence-corrected chi connectivity index (χ2v) is 6.59. The highest BCUT2D eigenvalue weighted by molar-refractivity contribution is 9.10. The van der Waals surface area contributed by atoms with Gasteiger partial charge in [0.25, 0.3) is 0 Å². The van der Waals surface area contributed by atoms with Gasteiger partial charge in [-0.2, -0.15) is 0 Å². The fourth-order valence-corrected chi connectivity index (χ4v) is 3.45. The summed E-state index contributed by atoms with van der Waals surface area (Å²) >= 11 is 3.40. The SMILES string of the molecule is O=C(O)C(CF)NC(=O)C1(c2cccc(Br)c2)CCCCC1. The van der Waals surface area contributed by atoms with Crippen molar-refractivity contribution in [3.05, 3.63) is 34.3 Å². The molecular weight excluding hydrogens is 353 g/mol. The van der Waals surface area contributed by atoms with Crippen LogP contribution < -0.4 is 5.32 Å². The van der Waals surface area contributed by atoms with E-state index in [0.717, 1.165) is 29.3 Å². The Balaban J connectivity index is 2.33. The molecule has 6 heteroatoms. The predicted octanol–water partition coefficient (Wildman–Crippen LogP) is 3.19. The Morgan fingerprint density at radius 3 is 2.55 bits per heavy atom. The van der Waals surface area contributed by atoms with E-state index in [1.165, 1.54) is 0 Å². The van der Waals surface area contributed by atoms with E-state index in [0.29, 0.717) is 12.8 Å². The van der Waals surface area contributed by atoms with Crippen molar-refractivity contribution in [2.45, 2.75) is 43.6 Å². The highest BCUT2D eigenvalue weighted by Gasteiger charge is 2.42. The molecule has 0 bridgehead atoms. The number of carboxylic acids is 1. The molecule has 2 rings (SSSR count). The molecule has 22 heavy (non-hydrogen) atoms. The molecule has 0 aromatic heterocycles. The number of carbonyl (C=O) groups is 2. The molecule has 0 spiro atoms. The van der Waals surface area contributed by atoms with Gasteiger partial charge in [-0.1, -0.05) is 47.3 Å².